The van der Waals surface area contributed by atoms with Gasteiger partial charge in [-0.15, -0.1) is 0 Å². The summed E-state index contributed by atoms with van der Waals surface area (Å²) in [4.78, 5) is 24.4. The first-order chi connectivity index (χ1) is 9.04. The van der Waals surface area contributed by atoms with Crippen molar-refractivity contribution < 1.29 is 18.4 Å². The number of thioether (sulfide) groups is 1. The van der Waals surface area contributed by atoms with Gasteiger partial charge in [0.15, 0.2) is 11.6 Å². The van der Waals surface area contributed by atoms with Crippen molar-refractivity contribution in [2.24, 2.45) is 5.73 Å². The van der Waals surface area contributed by atoms with E-state index in [1.165, 1.54) is 18.2 Å². The fourth-order valence-corrected chi connectivity index (χ4v) is 2.45. The summed E-state index contributed by atoms with van der Waals surface area (Å²) in [7, 11) is 0. The van der Waals surface area contributed by atoms with E-state index in [1.54, 1.807) is 0 Å². The predicted octanol–water partition coefficient (Wildman–Crippen LogP) is 1.96. The zero-order chi connectivity index (χ0) is 14.0. The zero-order valence-corrected chi connectivity index (χ0v) is 10.5. The highest BCUT2D eigenvalue weighted by Gasteiger charge is 2.34. The van der Waals surface area contributed by atoms with Crippen LogP contribution < -0.4 is 5.73 Å². The second-order valence-corrected chi connectivity index (χ2v) is 4.76. The normalized spacial score (nSPS) is 17.6. The number of carbonyl (C=O) groups is 2. The molecule has 0 aliphatic carbocycles. The second-order valence-electron chi connectivity index (χ2n) is 3.77. The van der Waals surface area contributed by atoms with Crippen LogP contribution in [0.1, 0.15) is 5.56 Å². The largest absolute Gasteiger partial charge is 0.329 e. The molecule has 1 heterocycles. The molecule has 1 fully saturated rings. The Morgan fingerprint density at radius 3 is 2.74 bits per heavy atom. The molecular weight excluding hydrogens is 274 g/mol. The van der Waals surface area contributed by atoms with E-state index in [2.05, 4.69) is 0 Å². The van der Waals surface area contributed by atoms with Gasteiger partial charge in [0.25, 0.3) is 11.1 Å². The number of amides is 2. The van der Waals surface area contributed by atoms with Gasteiger partial charge in [-0.2, -0.15) is 0 Å². The van der Waals surface area contributed by atoms with Crippen LogP contribution in [-0.2, 0) is 4.79 Å². The molecule has 0 radical (unpaired) electrons. The van der Waals surface area contributed by atoms with Gasteiger partial charge in [0.05, 0.1) is 4.91 Å². The third-order valence-corrected chi connectivity index (χ3v) is 3.40. The average Bonchev–Trinajstić information content (AvgIpc) is 2.63. The molecule has 0 unspecified atom stereocenters. The Hall–Kier alpha value is -1.73. The standard InChI is InChI=1S/C12H10F2N2O2S/c13-8-3-1-2-7(10(8)14)6-9-11(17)16(5-4-15)12(18)19-9/h1-3,6H,4-5,15H2/b9-6-. The molecule has 1 aromatic rings. The molecule has 1 aliphatic rings. The van der Waals surface area contributed by atoms with Crippen LogP contribution in [0.2, 0.25) is 0 Å². The van der Waals surface area contributed by atoms with Crippen molar-refractivity contribution in [2.75, 3.05) is 13.1 Å². The number of carbonyl (C=O) groups excluding carboxylic acids is 2. The number of imide groups is 1. The van der Waals surface area contributed by atoms with E-state index in [4.69, 9.17) is 5.73 Å². The molecular formula is C12H10F2N2O2S. The molecule has 1 saturated heterocycles. The summed E-state index contributed by atoms with van der Waals surface area (Å²) in [6.07, 6.45) is 1.17. The Labute approximate surface area is 112 Å². The Balaban J connectivity index is 2.32. The molecule has 100 valence electrons. The molecule has 2 rings (SSSR count). The number of halogens is 2. The van der Waals surface area contributed by atoms with Gasteiger partial charge in [0, 0.05) is 18.7 Å². The van der Waals surface area contributed by atoms with Crippen molar-refractivity contribution in [1.29, 1.82) is 0 Å². The summed E-state index contributed by atoms with van der Waals surface area (Å²) in [5, 5.41) is -0.460. The van der Waals surface area contributed by atoms with Crippen LogP contribution in [0, 0.1) is 11.6 Å². The van der Waals surface area contributed by atoms with Crippen LogP contribution in [0.25, 0.3) is 6.08 Å². The highest BCUT2D eigenvalue weighted by Crippen LogP contribution is 2.32. The molecule has 2 N–H and O–H groups in total. The van der Waals surface area contributed by atoms with Crippen LogP contribution in [0.3, 0.4) is 0 Å². The summed E-state index contributed by atoms with van der Waals surface area (Å²) in [5.41, 5.74) is 5.22. The Kier molecular flexibility index (Phi) is 3.96. The summed E-state index contributed by atoms with van der Waals surface area (Å²) in [5.74, 6) is -2.59. The molecule has 7 heteroatoms. The zero-order valence-electron chi connectivity index (χ0n) is 9.73. The van der Waals surface area contributed by atoms with Gasteiger partial charge in [-0.1, -0.05) is 12.1 Å². The Morgan fingerprint density at radius 1 is 1.32 bits per heavy atom. The van der Waals surface area contributed by atoms with Gasteiger partial charge >= 0.3 is 0 Å². The molecule has 1 aromatic carbocycles. The second kappa shape index (κ2) is 5.50. The van der Waals surface area contributed by atoms with Gasteiger partial charge in [0.1, 0.15) is 0 Å². The topological polar surface area (TPSA) is 63.4 Å². The van der Waals surface area contributed by atoms with Crippen LogP contribution in [0.15, 0.2) is 23.1 Å². The van der Waals surface area contributed by atoms with Gasteiger partial charge in [-0.3, -0.25) is 14.5 Å². The van der Waals surface area contributed by atoms with Crippen molar-refractivity contribution in [1.82, 2.24) is 4.90 Å². The van der Waals surface area contributed by atoms with Gasteiger partial charge in [-0.05, 0) is 23.9 Å². The molecule has 0 saturated carbocycles. The first-order valence-electron chi connectivity index (χ1n) is 5.44. The summed E-state index contributed by atoms with van der Waals surface area (Å²) in [6.45, 7) is 0.257. The van der Waals surface area contributed by atoms with Crippen molar-refractivity contribution in [2.45, 2.75) is 0 Å². The molecule has 2 amide bonds. The number of rotatable bonds is 3. The van der Waals surface area contributed by atoms with E-state index in [-0.39, 0.29) is 23.6 Å². The van der Waals surface area contributed by atoms with E-state index < -0.39 is 22.8 Å². The van der Waals surface area contributed by atoms with Gasteiger partial charge < -0.3 is 5.73 Å². The predicted molar refractivity (Wildman–Crippen MR) is 68.1 cm³/mol. The summed E-state index contributed by atoms with van der Waals surface area (Å²) in [6, 6.07) is 3.64. The van der Waals surface area contributed by atoms with Crippen molar-refractivity contribution in [3.63, 3.8) is 0 Å². The molecule has 0 atom stereocenters. The fraction of sp³-hybridized carbons (Fsp3) is 0.167. The maximum Gasteiger partial charge on any atom is 0.293 e. The van der Waals surface area contributed by atoms with E-state index >= 15 is 0 Å². The number of hydrogen-bond acceptors (Lipinski definition) is 4. The SMILES string of the molecule is NCCN1C(=O)S/C(=C\c2cccc(F)c2F)C1=O. The third-order valence-electron chi connectivity index (χ3n) is 2.49. The van der Waals surface area contributed by atoms with Gasteiger partial charge in [0.2, 0.25) is 0 Å². The lowest BCUT2D eigenvalue weighted by Crippen LogP contribution is -2.33. The quantitative estimate of drug-likeness (QED) is 0.862. The van der Waals surface area contributed by atoms with E-state index in [0.29, 0.717) is 11.8 Å². The lowest BCUT2D eigenvalue weighted by atomic mass is 10.2. The Morgan fingerprint density at radius 2 is 2.05 bits per heavy atom. The number of nitrogens with two attached hydrogens (primary N) is 1. The lowest BCUT2D eigenvalue weighted by molar-refractivity contribution is -0.122. The van der Waals surface area contributed by atoms with Crippen LogP contribution in [0.5, 0.6) is 0 Å². The molecule has 0 aromatic heterocycles. The minimum atomic E-state index is -1.05. The molecule has 0 spiro atoms. The monoisotopic (exact) mass is 284 g/mol. The summed E-state index contributed by atoms with van der Waals surface area (Å²) >= 11 is 0.685. The maximum absolute atomic E-state index is 13.5. The fourth-order valence-electron chi connectivity index (χ4n) is 1.60. The highest BCUT2D eigenvalue weighted by molar-refractivity contribution is 8.18. The average molecular weight is 284 g/mol. The van der Waals surface area contributed by atoms with Crippen LogP contribution >= 0.6 is 11.8 Å². The van der Waals surface area contributed by atoms with E-state index in [9.17, 15) is 18.4 Å². The van der Waals surface area contributed by atoms with Crippen LogP contribution in [0.4, 0.5) is 13.6 Å². The van der Waals surface area contributed by atoms with Crippen molar-refractivity contribution in [3.05, 3.63) is 40.3 Å². The third kappa shape index (κ3) is 2.66. The van der Waals surface area contributed by atoms with Crippen LogP contribution in [-0.4, -0.2) is 29.1 Å². The summed E-state index contributed by atoms with van der Waals surface area (Å²) < 4.78 is 26.5. The minimum absolute atomic E-state index is 0.0583. The number of benzene rings is 1. The molecule has 4 nitrogen and oxygen atoms in total. The van der Waals surface area contributed by atoms with E-state index in [1.807, 2.05) is 0 Å². The smallest absolute Gasteiger partial charge is 0.293 e. The molecule has 1 aliphatic heterocycles. The van der Waals surface area contributed by atoms with E-state index in [0.717, 1.165) is 11.0 Å². The van der Waals surface area contributed by atoms with Crippen molar-refractivity contribution >= 4 is 29.0 Å². The first-order valence-corrected chi connectivity index (χ1v) is 6.25. The molecule has 0 bridgehead atoms. The first kappa shape index (κ1) is 13.7. The maximum atomic E-state index is 13.5. The van der Waals surface area contributed by atoms with Gasteiger partial charge in [-0.25, -0.2) is 8.78 Å². The minimum Gasteiger partial charge on any atom is -0.329 e. The number of nitrogens with zero attached hydrogens (tertiary/aromatic N) is 1. The number of hydrogen-bond donors (Lipinski definition) is 1. The highest BCUT2D eigenvalue weighted by atomic mass is 32.2. The Bertz CT molecular complexity index is 575. The lowest BCUT2D eigenvalue weighted by Gasteiger charge is -2.09. The van der Waals surface area contributed by atoms with Crippen molar-refractivity contribution in [3.8, 4) is 0 Å². The molecule has 19 heavy (non-hydrogen) atoms.